The molecule has 86 valence electrons. The summed E-state index contributed by atoms with van der Waals surface area (Å²) in [5.41, 5.74) is 9.15. The van der Waals surface area contributed by atoms with Crippen molar-refractivity contribution in [3.05, 3.63) is 46.9 Å². The molecule has 0 atom stereocenters. The lowest BCUT2D eigenvalue weighted by atomic mass is 10.1. The van der Waals surface area contributed by atoms with Gasteiger partial charge in [0, 0.05) is 36.0 Å². The average molecular weight is 244 g/mol. The number of nitrogen functional groups attached to an aromatic ring is 1. The molecule has 0 radical (unpaired) electrons. The normalized spacial score (nSPS) is 11.1. The standard InChI is InChI=1S/C12H12N4S/c1-8-2-3-14-11(13)10(8)6-9-7-16-4-5-17-12(16)15-9/h2-5,7H,6H2,1H3,(H2,13,14). The number of imidazole rings is 1. The van der Waals surface area contributed by atoms with Gasteiger partial charge in [-0.3, -0.25) is 4.40 Å². The lowest BCUT2D eigenvalue weighted by Gasteiger charge is -2.05. The molecule has 0 saturated heterocycles. The first kappa shape index (κ1) is 10.3. The second-order valence-corrected chi connectivity index (χ2v) is 4.87. The summed E-state index contributed by atoms with van der Waals surface area (Å²) in [6.07, 6.45) is 6.52. The maximum atomic E-state index is 5.90. The summed E-state index contributed by atoms with van der Waals surface area (Å²) in [4.78, 5) is 9.69. The lowest BCUT2D eigenvalue weighted by Crippen LogP contribution is -2.01. The van der Waals surface area contributed by atoms with Crippen LogP contribution in [0.1, 0.15) is 16.8 Å². The maximum absolute atomic E-state index is 5.90. The number of pyridine rings is 1. The van der Waals surface area contributed by atoms with Crippen molar-refractivity contribution in [3.8, 4) is 0 Å². The molecular formula is C12H12N4S. The SMILES string of the molecule is Cc1ccnc(N)c1Cc1cn2ccsc2n1. The van der Waals surface area contributed by atoms with Crippen LogP contribution in [-0.2, 0) is 6.42 Å². The minimum absolute atomic E-state index is 0.598. The van der Waals surface area contributed by atoms with Crippen LogP contribution in [0, 0.1) is 6.92 Å². The quantitative estimate of drug-likeness (QED) is 0.752. The molecule has 3 aromatic heterocycles. The van der Waals surface area contributed by atoms with Crippen LogP contribution in [-0.4, -0.2) is 14.4 Å². The minimum atomic E-state index is 0.598. The van der Waals surface area contributed by atoms with Gasteiger partial charge in [-0.25, -0.2) is 9.97 Å². The first-order valence-electron chi connectivity index (χ1n) is 5.35. The number of nitrogens with two attached hydrogens (primary N) is 1. The van der Waals surface area contributed by atoms with Crippen molar-refractivity contribution in [1.29, 1.82) is 0 Å². The molecule has 0 aromatic carbocycles. The van der Waals surface area contributed by atoms with Gasteiger partial charge in [0.15, 0.2) is 4.96 Å². The second-order valence-electron chi connectivity index (χ2n) is 3.99. The highest BCUT2D eigenvalue weighted by molar-refractivity contribution is 7.15. The van der Waals surface area contributed by atoms with Crippen LogP contribution < -0.4 is 5.73 Å². The van der Waals surface area contributed by atoms with Crippen molar-refractivity contribution < 1.29 is 0 Å². The Morgan fingerprint density at radius 1 is 1.47 bits per heavy atom. The van der Waals surface area contributed by atoms with Crippen LogP contribution in [0.15, 0.2) is 30.0 Å². The Kier molecular flexibility index (Phi) is 2.33. The predicted octanol–water partition coefficient (Wildman–Crippen LogP) is 2.27. The Morgan fingerprint density at radius 3 is 3.12 bits per heavy atom. The molecule has 0 saturated carbocycles. The smallest absolute Gasteiger partial charge is 0.193 e. The van der Waals surface area contributed by atoms with Crippen molar-refractivity contribution >= 4 is 22.1 Å². The number of aromatic nitrogens is 3. The zero-order chi connectivity index (χ0) is 11.8. The summed E-state index contributed by atoms with van der Waals surface area (Å²) < 4.78 is 2.03. The molecule has 3 aromatic rings. The Morgan fingerprint density at radius 2 is 2.35 bits per heavy atom. The Balaban J connectivity index is 1.99. The predicted molar refractivity (Wildman–Crippen MR) is 69.3 cm³/mol. The summed E-state index contributed by atoms with van der Waals surface area (Å²) in [5.74, 6) is 0.598. The number of thiazole rings is 1. The molecular weight excluding hydrogens is 232 g/mol. The van der Waals surface area contributed by atoms with E-state index in [1.54, 1.807) is 17.5 Å². The van der Waals surface area contributed by atoms with Gasteiger partial charge in [0.1, 0.15) is 5.82 Å². The number of anilines is 1. The second kappa shape index (κ2) is 3.85. The maximum Gasteiger partial charge on any atom is 0.193 e. The third-order valence-electron chi connectivity index (χ3n) is 2.82. The van der Waals surface area contributed by atoms with Gasteiger partial charge in [-0.05, 0) is 18.6 Å². The fourth-order valence-electron chi connectivity index (χ4n) is 1.88. The zero-order valence-corrected chi connectivity index (χ0v) is 10.2. The third kappa shape index (κ3) is 1.78. The van der Waals surface area contributed by atoms with E-state index in [0.717, 1.165) is 28.2 Å². The van der Waals surface area contributed by atoms with Gasteiger partial charge in [0.2, 0.25) is 0 Å². The van der Waals surface area contributed by atoms with Crippen molar-refractivity contribution in [3.63, 3.8) is 0 Å². The van der Waals surface area contributed by atoms with E-state index in [1.165, 1.54) is 0 Å². The van der Waals surface area contributed by atoms with Crippen LogP contribution in [0.3, 0.4) is 0 Å². The van der Waals surface area contributed by atoms with E-state index in [0.29, 0.717) is 5.82 Å². The number of nitrogens with zero attached hydrogens (tertiary/aromatic N) is 3. The first-order chi connectivity index (χ1) is 8.24. The monoisotopic (exact) mass is 244 g/mol. The summed E-state index contributed by atoms with van der Waals surface area (Å²) in [7, 11) is 0. The molecule has 0 spiro atoms. The van der Waals surface area contributed by atoms with Gasteiger partial charge in [0.05, 0.1) is 5.69 Å². The molecule has 5 heteroatoms. The van der Waals surface area contributed by atoms with Gasteiger partial charge in [-0.1, -0.05) is 0 Å². The van der Waals surface area contributed by atoms with Crippen molar-refractivity contribution in [2.75, 3.05) is 5.73 Å². The molecule has 0 aliphatic carbocycles. The van der Waals surface area contributed by atoms with E-state index in [9.17, 15) is 0 Å². The van der Waals surface area contributed by atoms with Gasteiger partial charge in [-0.2, -0.15) is 0 Å². The Hall–Kier alpha value is -1.88. The highest BCUT2D eigenvalue weighted by atomic mass is 32.1. The van der Waals surface area contributed by atoms with E-state index in [1.807, 2.05) is 35.2 Å². The van der Waals surface area contributed by atoms with Crippen LogP contribution in [0.2, 0.25) is 0 Å². The highest BCUT2D eigenvalue weighted by Crippen LogP contribution is 2.19. The van der Waals surface area contributed by atoms with Crippen LogP contribution >= 0.6 is 11.3 Å². The van der Waals surface area contributed by atoms with Crippen LogP contribution in [0.5, 0.6) is 0 Å². The topological polar surface area (TPSA) is 56.2 Å². The molecule has 4 nitrogen and oxygen atoms in total. The van der Waals surface area contributed by atoms with E-state index in [2.05, 4.69) is 9.97 Å². The summed E-state index contributed by atoms with van der Waals surface area (Å²) in [6.45, 7) is 2.05. The molecule has 0 unspecified atom stereocenters. The van der Waals surface area contributed by atoms with Gasteiger partial charge >= 0.3 is 0 Å². The summed E-state index contributed by atoms with van der Waals surface area (Å²) >= 11 is 1.63. The number of aryl methyl sites for hydroxylation is 1. The molecule has 17 heavy (non-hydrogen) atoms. The van der Waals surface area contributed by atoms with E-state index < -0.39 is 0 Å². The van der Waals surface area contributed by atoms with E-state index in [4.69, 9.17) is 5.73 Å². The van der Waals surface area contributed by atoms with Gasteiger partial charge in [0.25, 0.3) is 0 Å². The number of rotatable bonds is 2. The molecule has 3 rings (SSSR count). The minimum Gasteiger partial charge on any atom is -0.383 e. The molecule has 0 fully saturated rings. The van der Waals surface area contributed by atoms with Crippen LogP contribution in [0.4, 0.5) is 5.82 Å². The Labute approximate surface area is 103 Å². The molecule has 0 amide bonds. The average Bonchev–Trinajstić information content (AvgIpc) is 2.83. The molecule has 2 N–H and O–H groups in total. The first-order valence-corrected chi connectivity index (χ1v) is 6.23. The van der Waals surface area contributed by atoms with Gasteiger partial charge in [-0.15, -0.1) is 11.3 Å². The van der Waals surface area contributed by atoms with E-state index in [-0.39, 0.29) is 0 Å². The molecule has 0 aliphatic rings. The third-order valence-corrected chi connectivity index (χ3v) is 3.60. The fraction of sp³-hybridized carbons (Fsp3) is 0.167. The molecule has 3 heterocycles. The number of fused-ring (bicyclic) bond motifs is 1. The fourth-order valence-corrected chi connectivity index (χ4v) is 2.60. The summed E-state index contributed by atoms with van der Waals surface area (Å²) in [5, 5.41) is 2.02. The highest BCUT2D eigenvalue weighted by Gasteiger charge is 2.08. The van der Waals surface area contributed by atoms with Gasteiger partial charge < -0.3 is 5.73 Å². The number of hydrogen-bond acceptors (Lipinski definition) is 4. The molecule has 0 bridgehead atoms. The van der Waals surface area contributed by atoms with E-state index >= 15 is 0 Å². The van der Waals surface area contributed by atoms with Crippen molar-refractivity contribution in [2.24, 2.45) is 0 Å². The van der Waals surface area contributed by atoms with Crippen molar-refractivity contribution in [2.45, 2.75) is 13.3 Å². The Bertz CT molecular complexity index is 619. The largest absolute Gasteiger partial charge is 0.383 e. The van der Waals surface area contributed by atoms with Crippen molar-refractivity contribution in [1.82, 2.24) is 14.4 Å². The molecule has 0 aliphatic heterocycles. The summed E-state index contributed by atoms with van der Waals surface area (Å²) in [6, 6.07) is 1.98. The number of hydrogen-bond donors (Lipinski definition) is 1. The zero-order valence-electron chi connectivity index (χ0n) is 9.42. The lowest BCUT2D eigenvalue weighted by molar-refractivity contribution is 1.07. The van der Waals surface area contributed by atoms with Crippen LogP contribution in [0.25, 0.3) is 4.96 Å².